The molecule has 0 aliphatic carbocycles. The van der Waals surface area contributed by atoms with Crippen molar-refractivity contribution in [3.8, 4) is 0 Å². The number of aryl methyl sites for hydroxylation is 2. The second kappa shape index (κ2) is 6.78. The molecule has 20 heavy (non-hydrogen) atoms. The van der Waals surface area contributed by atoms with Crippen LogP contribution in [0.3, 0.4) is 0 Å². The van der Waals surface area contributed by atoms with Gasteiger partial charge >= 0.3 is 0 Å². The minimum absolute atomic E-state index is 0.216. The summed E-state index contributed by atoms with van der Waals surface area (Å²) in [4.78, 5) is 5.76. The molecule has 1 atom stereocenters. The number of nitrogens with zero attached hydrogens (tertiary/aromatic N) is 1. The van der Waals surface area contributed by atoms with E-state index in [1.54, 1.807) is 11.3 Å². The van der Waals surface area contributed by atoms with Crippen LogP contribution in [0.15, 0.2) is 22.7 Å². The van der Waals surface area contributed by atoms with Crippen LogP contribution in [0.2, 0.25) is 0 Å². The Morgan fingerprint density at radius 2 is 2.15 bits per heavy atom. The Morgan fingerprint density at radius 1 is 1.40 bits per heavy atom. The molecule has 0 aliphatic heterocycles. The topological polar surface area (TPSA) is 24.9 Å². The quantitative estimate of drug-likeness (QED) is 0.849. The van der Waals surface area contributed by atoms with E-state index in [1.807, 2.05) is 19.9 Å². The summed E-state index contributed by atoms with van der Waals surface area (Å²) in [6, 6.07) is 5.08. The van der Waals surface area contributed by atoms with Gasteiger partial charge in [0.25, 0.3) is 0 Å². The van der Waals surface area contributed by atoms with Gasteiger partial charge in [-0.1, -0.05) is 28.9 Å². The normalized spacial score (nSPS) is 12.7. The van der Waals surface area contributed by atoms with Gasteiger partial charge in [0.1, 0.15) is 5.82 Å². The van der Waals surface area contributed by atoms with E-state index in [2.05, 4.69) is 33.2 Å². The molecule has 1 unspecified atom stereocenters. The average molecular weight is 357 g/mol. The highest BCUT2D eigenvalue weighted by molar-refractivity contribution is 9.10. The molecule has 0 bridgehead atoms. The van der Waals surface area contributed by atoms with Gasteiger partial charge in [0.05, 0.1) is 10.7 Å². The molecule has 0 aliphatic rings. The Bertz CT molecular complexity index is 598. The summed E-state index contributed by atoms with van der Waals surface area (Å²) in [5.74, 6) is -0.217. The summed E-state index contributed by atoms with van der Waals surface area (Å²) in [6.45, 7) is 7.05. The highest BCUT2D eigenvalue weighted by Crippen LogP contribution is 2.30. The van der Waals surface area contributed by atoms with Crippen molar-refractivity contribution in [3.63, 3.8) is 0 Å². The van der Waals surface area contributed by atoms with Gasteiger partial charge in [-0.2, -0.15) is 0 Å². The van der Waals surface area contributed by atoms with Gasteiger partial charge in [-0.3, -0.25) is 0 Å². The molecule has 0 fully saturated rings. The zero-order chi connectivity index (χ0) is 14.7. The van der Waals surface area contributed by atoms with Crippen LogP contribution in [-0.4, -0.2) is 11.5 Å². The summed E-state index contributed by atoms with van der Waals surface area (Å²) >= 11 is 5.17. The summed E-state index contributed by atoms with van der Waals surface area (Å²) in [6.07, 6.45) is 0.817. The number of likely N-dealkylation sites (N-methyl/N-ethyl adjacent to an activating group) is 1. The Labute approximate surface area is 131 Å². The van der Waals surface area contributed by atoms with E-state index in [9.17, 15) is 4.39 Å². The van der Waals surface area contributed by atoms with E-state index in [4.69, 9.17) is 0 Å². The van der Waals surface area contributed by atoms with Crippen LogP contribution < -0.4 is 5.32 Å². The van der Waals surface area contributed by atoms with Gasteiger partial charge in [-0.05, 0) is 44.5 Å². The van der Waals surface area contributed by atoms with Crippen LogP contribution in [0.5, 0.6) is 0 Å². The second-order valence-corrected chi connectivity index (χ2v) is 6.82. The zero-order valence-electron chi connectivity index (χ0n) is 11.8. The first-order valence-corrected chi connectivity index (χ1v) is 8.23. The summed E-state index contributed by atoms with van der Waals surface area (Å²) in [5, 5.41) is 4.58. The third-order valence-electron chi connectivity index (χ3n) is 3.15. The minimum Gasteiger partial charge on any atom is -0.309 e. The van der Waals surface area contributed by atoms with Crippen LogP contribution in [0.25, 0.3) is 0 Å². The molecular formula is C15H18BrFN2S. The maximum absolute atomic E-state index is 13.2. The van der Waals surface area contributed by atoms with Gasteiger partial charge in [0.15, 0.2) is 0 Å². The molecule has 1 heterocycles. The molecule has 0 saturated heterocycles. The van der Waals surface area contributed by atoms with Gasteiger partial charge in [0, 0.05) is 15.4 Å². The first-order chi connectivity index (χ1) is 9.51. The summed E-state index contributed by atoms with van der Waals surface area (Å²) in [5.41, 5.74) is 2.18. The number of rotatable bonds is 5. The molecule has 2 rings (SSSR count). The van der Waals surface area contributed by atoms with E-state index in [1.165, 1.54) is 17.0 Å². The van der Waals surface area contributed by atoms with E-state index < -0.39 is 0 Å². The number of hydrogen-bond acceptors (Lipinski definition) is 3. The van der Waals surface area contributed by atoms with Crippen LogP contribution in [-0.2, 0) is 6.42 Å². The van der Waals surface area contributed by atoms with E-state index in [0.29, 0.717) is 0 Å². The van der Waals surface area contributed by atoms with Crippen molar-refractivity contribution in [2.24, 2.45) is 0 Å². The molecule has 0 spiro atoms. The van der Waals surface area contributed by atoms with Crippen molar-refractivity contribution < 1.29 is 4.39 Å². The predicted octanol–water partition coefficient (Wildman–Crippen LogP) is 4.55. The van der Waals surface area contributed by atoms with Crippen molar-refractivity contribution in [2.45, 2.75) is 33.2 Å². The predicted molar refractivity (Wildman–Crippen MR) is 85.8 cm³/mol. The lowest BCUT2D eigenvalue weighted by Crippen LogP contribution is -2.23. The Balaban J connectivity index is 2.27. The van der Waals surface area contributed by atoms with E-state index >= 15 is 0 Å². The highest BCUT2D eigenvalue weighted by atomic mass is 79.9. The number of thiazole rings is 1. The van der Waals surface area contributed by atoms with Crippen LogP contribution in [0.1, 0.15) is 34.1 Å². The molecule has 0 radical (unpaired) electrons. The Morgan fingerprint density at radius 3 is 2.70 bits per heavy atom. The van der Waals surface area contributed by atoms with Gasteiger partial charge in [0.2, 0.25) is 0 Å². The van der Waals surface area contributed by atoms with Crippen molar-refractivity contribution in [2.75, 3.05) is 6.54 Å². The van der Waals surface area contributed by atoms with Crippen molar-refractivity contribution in [1.82, 2.24) is 10.3 Å². The average Bonchev–Trinajstić information content (AvgIpc) is 2.71. The lowest BCUT2D eigenvalue weighted by molar-refractivity contribution is 0.552. The summed E-state index contributed by atoms with van der Waals surface area (Å²) in [7, 11) is 0. The van der Waals surface area contributed by atoms with Crippen molar-refractivity contribution in [1.29, 1.82) is 0 Å². The fourth-order valence-electron chi connectivity index (χ4n) is 2.28. The fraction of sp³-hybridized carbons (Fsp3) is 0.400. The van der Waals surface area contributed by atoms with Gasteiger partial charge in [-0.25, -0.2) is 9.37 Å². The first kappa shape index (κ1) is 15.6. The second-order valence-electron chi connectivity index (χ2n) is 4.73. The van der Waals surface area contributed by atoms with Gasteiger partial charge in [-0.15, -0.1) is 11.3 Å². The first-order valence-electron chi connectivity index (χ1n) is 6.62. The molecule has 1 aromatic heterocycles. The maximum atomic E-state index is 13.2. The van der Waals surface area contributed by atoms with Crippen molar-refractivity contribution >= 4 is 27.3 Å². The SMILES string of the molecule is CCNC(Cc1ccc(F)cc1Br)c1sc(C)nc1C. The molecule has 2 nitrogen and oxygen atoms in total. The number of aromatic nitrogens is 1. The fourth-order valence-corrected chi connectivity index (χ4v) is 3.80. The number of nitrogens with one attached hydrogen (secondary N) is 1. The number of hydrogen-bond donors (Lipinski definition) is 1. The minimum atomic E-state index is -0.217. The van der Waals surface area contributed by atoms with E-state index in [-0.39, 0.29) is 11.9 Å². The van der Waals surface area contributed by atoms with Crippen molar-refractivity contribution in [3.05, 3.63) is 49.6 Å². The molecule has 2 aromatic rings. The van der Waals surface area contributed by atoms with Crippen LogP contribution >= 0.6 is 27.3 Å². The molecule has 5 heteroatoms. The Hall–Kier alpha value is -0.780. The van der Waals surface area contributed by atoms with Crippen LogP contribution in [0.4, 0.5) is 4.39 Å². The zero-order valence-corrected chi connectivity index (χ0v) is 14.2. The van der Waals surface area contributed by atoms with Crippen LogP contribution in [0, 0.1) is 19.7 Å². The molecular weight excluding hydrogens is 339 g/mol. The number of benzene rings is 1. The highest BCUT2D eigenvalue weighted by Gasteiger charge is 2.18. The molecule has 0 saturated carbocycles. The number of halogens is 2. The maximum Gasteiger partial charge on any atom is 0.124 e. The van der Waals surface area contributed by atoms with Gasteiger partial charge < -0.3 is 5.32 Å². The molecule has 1 aromatic carbocycles. The monoisotopic (exact) mass is 356 g/mol. The molecule has 108 valence electrons. The third-order valence-corrected chi connectivity index (χ3v) is 5.07. The van der Waals surface area contributed by atoms with E-state index in [0.717, 1.165) is 33.7 Å². The Kier molecular flexibility index (Phi) is 5.29. The smallest absolute Gasteiger partial charge is 0.124 e. The largest absolute Gasteiger partial charge is 0.309 e. The molecule has 0 amide bonds. The lowest BCUT2D eigenvalue weighted by Gasteiger charge is -2.18. The standard InChI is InChI=1S/C15H18BrFN2S/c1-4-18-14(15-9(2)19-10(3)20-15)7-11-5-6-12(17)8-13(11)16/h5-6,8,14,18H,4,7H2,1-3H3. The summed E-state index contributed by atoms with van der Waals surface area (Å²) < 4.78 is 14.0. The molecule has 1 N–H and O–H groups in total. The lowest BCUT2D eigenvalue weighted by atomic mass is 10.0. The third kappa shape index (κ3) is 3.65.